The second-order valence-electron chi connectivity index (χ2n) is 4.57. The van der Waals surface area contributed by atoms with Crippen LogP contribution in [-0.2, 0) is 17.9 Å². The quantitative estimate of drug-likeness (QED) is 0.831. The molecule has 6 nitrogen and oxygen atoms in total. The zero-order chi connectivity index (χ0) is 13.8. The number of carbonyl (C=O) groups excluding carboxylic acids is 1. The van der Waals surface area contributed by atoms with Crippen molar-refractivity contribution in [3.05, 3.63) is 28.2 Å². The van der Waals surface area contributed by atoms with Gasteiger partial charge in [-0.15, -0.1) is 0 Å². The number of aliphatic hydroxyl groups is 1. The Balaban J connectivity index is 2.22. The molecule has 1 aliphatic rings. The predicted molar refractivity (Wildman–Crippen MR) is 69.0 cm³/mol. The van der Waals surface area contributed by atoms with Crippen LogP contribution in [0.4, 0.5) is 0 Å². The van der Waals surface area contributed by atoms with Crippen molar-refractivity contribution in [2.45, 2.75) is 26.0 Å². The minimum Gasteiger partial charge on any atom is -0.491 e. The van der Waals surface area contributed by atoms with Crippen LogP contribution in [-0.4, -0.2) is 40.7 Å². The van der Waals surface area contributed by atoms with E-state index >= 15 is 0 Å². The number of amides is 1. The molecular weight excluding hydrogens is 248 g/mol. The molecule has 0 aliphatic carbocycles. The predicted octanol–water partition coefficient (Wildman–Crippen LogP) is -0.0284. The van der Waals surface area contributed by atoms with Crippen LogP contribution < -0.4 is 10.2 Å². The number of methoxy groups -OCH3 is 1. The van der Waals surface area contributed by atoms with Crippen molar-refractivity contribution in [1.29, 1.82) is 0 Å². The average molecular weight is 266 g/mol. The molecule has 1 amide bonds. The van der Waals surface area contributed by atoms with Crippen molar-refractivity contribution in [1.82, 2.24) is 9.47 Å². The van der Waals surface area contributed by atoms with Crippen LogP contribution in [0.2, 0.25) is 0 Å². The number of hydrogen-bond acceptors (Lipinski definition) is 4. The zero-order valence-electron chi connectivity index (χ0n) is 11.0. The van der Waals surface area contributed by atoms with Gasteiger partial charge in [0.2, 0.25) is 11.3 Å². The molecule has 1 saturated heterocycles. The number of nitrogens with zero attached hydrogens (tertiary/aromatic N) is 2. The summed E-state index contributed by atoms with van der Waals surface area (Å²) in [5.41, 5.74) is 0.120. The Morgan fingerprint density at radius 1 is 1.42 bits per heavy atom. The van der Waals surface area contributed by atoms with Crippen LogP contribution in [0.1, 0.15) is 18.5 Å². The lowest BCUT2D eigenvalue weighted by atomic mass is 10.3. The van der Waals surface area contributed by atoms with E-state index in [-0.39, 0.29) is 30.2 Å². The van der Waals surface area contributed by atoms with Gasteiger partial charge in [0.25, 0.3) is 0 Å². The third-order valence-electron chi connectivity index (χ3n) is 3.33. The summed E-state index contributed by atoms with van der Waals surface area (Å²) >= 11 is 0. The number of pyridine rings is 1. The molecule has 19 heavy (non-hydrogen) atoms. The smallest absolute Gasteiger partial charge is 0.242 e. The topological polar surface area (TPSA) is 71.8 Å². The van der Waals surface area contributed by atoms with E-state index in [4.69, 9.17) is 4.74 Å². The van der Waals surface area contributed by atoms with E-state index < -0.39 is 0 Å². The van der Waals surface area contributed by atoms with Crippen LogP contribution in [0.15, 0.2) is 17.1 Å². The van der Waals surface area contributed by atoms with Gasteiger partial charge in [0.15, 0.2) is 5.75 Å². The van der Waals surface area contributed by atoms with E-state index in [1.807, 2.05) is 0 Å². The monoisotopic (exact) mass is 266 g/mol. The molecule has 0 bridgehead atoms. The molecule has 6 heteroatoms. The molecule has 0 spiro atoms. The maximum absolute atomic E-state index is 12.1. The van der Waals surface area contributed by atoms with Crippen molar-refractivity contribution in [3.63, 3.8) is 0 Å². The number of rotatable bonds is 4. The highest BCUT2D eigenvalue weighted by Crippen LogP contribution is 2.11. The Morgan fingerprint density at radius 3 is 2.68 bits per heavy atom. The highest BCUT2D eigenvalue weighted by atomic mass is 16.5. The molecule has 0 atom stereocenters. The minimum atomic E-state index is -0.295. The largest absolute Gasteiger partial charge is 0.491 e. The number of hydrogen-bond donors (Lipinski definition) is 1. The van der Waals surface area contributed by atoms with Gasteiger partial charge in [-0.1, -0.05) is 0 Å². The van der Waals surface area contributed by atoms with Gasteiger partial charge < -0.3 is 19.3 Å². The third-order valence-corrected chi connectivity index (χ3v) is 3.33. The molecule has 1 fully saturated rings. The van der Waals surface area contributed by atoms with Gasteiger partial charge in [-0.2, -0.15) is 0 Å². The molecule has 1 aliphatic heterocycles. The Kier molecular flexibility index (Phi) is 4.21. The molecule has 2 rings (SSSR count). The van der Waals surface area contributed by atoms with Crippen LogP contribution in [0.25, 0.3) is 0 Å². The van der Waals surface area contributed by atoms with Crippen molar-refractivity contribution in [2.24, 2.45) is 0 Å². The minimum absolute atomic E-state index is 0.00194. The van der Waals surface area contributed by atoms with Gasteiger partial charge >= 0.3 is 0 Å². The molecule has 0 saturated carbocycles. The third kappa shape index (κ3) is 2.96. The number of ether oxygens (including phenoxy) is 1. The van der Waals surface area contributed by atoms with Gasteiger partial charge in [0.1, 0.15) is 6.54 Å². The summed E-state index contributed by atoms with van der Waals surface area (Å²) in [5, 5.41) is 9.26. The van der Waals surface area contributed by atoms with E-state index in [9.17, 15) is 14.7 Å². The lowest BCUT2D eigenvalue weighted by Crippen LogP contribution is -2.32. The summed E-state index contributed by atoms with van der Waals surface area (Å²) in [7, 11) is 1.40. The summed E-state index contributed by atoms with van der Waals surface area (Å²) in [6.45, 7) is 1.40. The van der Waals surface area contributed by atoms with Crippen LogP contribution in [0.3, 0.4) is 0 Å². The van der Waals surface area contributed by atoms with Gasteiger partial charge in [-0.05, 0) is 12.8 Å². The van der Waals surface area contributed by atoms with Crippen LogP contribution in [0.5, 0.6) is 5.75 Å². The molecule has 0 unspecified atom stereocenters. The fraction of sp³-hybridized carbons (Fsp3) is 0.538. The Labute approximate surface area is 111 Å². The van der Waals surface area contributed by atoms with Gasteiger partial charge in [0.05, 0.1) is 19.9 Å². The SMILES string of the molecule is COc1cn(CC(=O)N2CCCC2)c(CO)cc1=O. The van der Waals surface area contributed by atoms with Crippen LogP contribution in [0, 0.1) is 0 Å². The fourth-order valence-electron chi connectivity index (χ4n) is 2.24. The lowest BCUT2D eigenvalue weighted by molar-refractivity contribution is -0.130. The Morgan fingerprint density at radius 2 is 2.11 bits per heavy atom. The van der Waals surface area contributed by atoms with Crippen LogP contribution >= 0.6 is 0 Å². The molecule has 2 heterocycles. The number of likely N-dealkylation sites (tertiary alicyclic amines) is 1. The summed E-state index contributed by atoms with van der Waals surface area (Å²) < 4.78 is 6.52. The maximum atomic E-state index is 12.1. The highest BCUT2D eigenvalue weighted by Gasteiger charge is 2.19. The summed E-state index contributed by atoms with van der Waals surface area (Å²) in [5.74, 6) is 0.171. The van der Waals surface area contributed by atoms with Crippen molar-refractivity contribution in [3.8, 4) is 5.75 Å². The first-order chi connectivity index (χ1) is 9.15. The second kappa shape index (κ2) is 5.88. The summed E-state index contributed by atoms with van der Waals surface area (Å²) in [6.07, 6.45) is 3.54. The Bertz CT molecular complexity index is 518. The fourth-order valence-corrected chi connectivity index (χ4v) is 2.24. The van der Waals surface area contributed by atoms with E-state index in [0.717, 1.165) is 25.9 Å². The molecule has 1 aromatic rings. The normalized spacial score (nSPS) is 14.7. The van der Waals surface area contributed by atoms with Crippen molar-refractivity contribution < 1.29 is 14.6 Å². The molecule has 1 aromatic heterocycles. The van der Waals surface area contributed by atoms with Gasteiger partial charge in [-0.3, -0.25) is 9.59 Å². The Hall–Kier alpha value is -1.82. The van der Waals surface area contributed by atoms with Gasteiger partial charge in [-0.25, -0.2) is 0 Å². The van der Waals surface area contributed by atoms with E-state index in [1.54, 1.807) is 9.47 Å². The second-order valence-corrected chi connectivity index (χ2v) is 4.57. The standard InChI is InChI=1S/C13H18N2O4/c1-19-12-7-15(10(9-16)6-11(12)17)8-13(18)14-4-2-3-5-14/h6-7,16H,2-5,8-9H2,1H3. The van der Waals surface area contributed by atoms with Gasteiger partial charge in [0, 0.05) is 24.8 Å². The first kappa shape index (κ1) is 13.6. The lowest BCUT2D eigenvalue weighted by Gasteiger charge is -2.18. The molecule has 0 aromatic carbocycles. The molecule has 0 radical (unpaired) electrons. The molecule has 1 N–H and O–H groups in total. The molecule has 104 valence electrons. The first-order valence-electron chi connectivity index (χ1n) is 6.31. The average Bonchev–Trinajstić information content (AvgIpc) is 2.94. The molecular formula is C13H18N2O4. The number of aliphatic hydroxyl groups excluding tert-OH is 1. The van der Waals surface area contributed by atoms with Crippen molar-refractivity contribution in [2.75, 3.05) is 20.2 Å². The van der Waals surface area contributed by atoms with E-state index in [1.165, 1.54) is 19.4 Å². The van der Waals surface area contributed by atoms with Crippen molar-refractivity contribution >= 4 is 5.91 Å². The number of aromatic nitrogens is 1. The van der Waals surface area contributed by atoms with E-state index in [2.05, 4.69) is 0 Å². The zero-order valence-corrected chi connectivity index (χ0v) is 11.0. The number of carbonyl (C=O) groups is 1. The van der Waals surface area contributed by atoms with E-state index in [0.29, 0.717) is 5.69 Å². The summed E-state index contributed by atoms with van der Waals surface area (Å²) in [6, 6.07) is 1.30. The summed E-state index contributed by atoms with van der Waals surface area (Å²) in [4.78, 5) is 25.4. The highest BCUT2D eigenvalue weighted by molar-refractivity contribution is 5.76. The first-order valence-corrected chi connectivity index (χ1v) is 6.31. The maximum Gasteiger partial charge on any atom is 0.242 e.